The van der Waals surface area contributed by atoms with Crippen molar-refractivity contribution >= 4 is 17.6 Å². The van der Waals surface area contributed by atoms with Gasteiger partial charge in [-0.3, -0.25) is 0 Å². The maximum atomic E-state index is 5.57. The normalized spacial score (nSPS) is 19.9. The largest absolute Gasteiger partial charge is 0.407 e. The van der Waals surface area contributed by atoms with Gasteiger partial charge in [0.05, 0.1) is 0 Å². The summed E-state index contributed by atoms with van der Waals surface area (Å²) in [4.78, 5) is 0. The smallest absolute Gasteiger partial charge is 0.315 e. The summed E-state index contributed by atoms with van der Waals surface area (Å²) >= 11 is 5.57. The summed E-state index contributed by atoms with van der Waals surface area (Å²) in [5.74, 6) is 0.738. The number of nitrogens with zero attached hydrogens (tertiary/aromatic N) is 2. The lowest BCUT2D eigenvalue weighted by Gasteiger charge is -2.23. The molecule has 1 aliphatic carbocycles. The van der Waals surface area contributed by atoms with E-state index in [0.29, 0.717) is 11.9 Å². The van der Waals surface area contributed by atoms with Crippen molar-refractivity contribution in [3.63, 3.8) is 0 Å². The number of halogens is 1. The Balaban J connectivity index is 2.02. The summed E-state index contributed by atoms with van der Waals surface area (Å²) in [7, 11) is 0. The zero-order chi connectivity index (χ0) is 10.0. The van der Waals surface area contributed by atoms with Crippen LogP contribution in [0, 0.1) is 0 Å². The molecule has 1 N–H and O–H groups in total. The molecular weight excluding hydrogens is 202 g/mol. The molecule has 0 saturated heterocycles. The molecule has 0 amide bonds. The van der Waals surface area contributed by atoms with Crippen LogP contribution in [0.4, 0.5) is 6.01 Å². The van der Waals surface area contributed by atoms with E-state index >= 15 is 0 Å². The zero-order valence-corrected chi connectivity index (χ0v) is 8.97. The van der Waals surface area contributed by atoms with E-state index in [1.54, 1.807) is 0 Å². The molecule has 14 heavy (non-hydrogen) atoms. The van der Waals surface area contributed by atoms with Crippen LogP contribution in [0.3, 0.4) is 0 Å². The second kappa shape index (κ2) is 3.77. The summed E-state index contributed by atoms with van der Waals surface area (Å²) in [5, 5.41) is 11.0. The number of nitrogens with one attached hydrogen (secondary N) is 1. The van der Waals surface area contributed by atoms with Gasteiger partial charge < -0.3 is 9.73 Å². The van der Waals surface area contributed by atoms with Crippen molar-refractivity contribution in [2.75, 3.05) is 5.32 Å². The quantitative estimate of drug-likeness (QED) is 0.788. The van der Waals surface area contributed by atoms with Gasteiger partial charge in [-0.05, 0) is 19.8 Å². The van der Waals surface area contributed by atoms with Gasteiger partial charge in [-0.1, -0.05) is 17.9 Å². The molecule has 0 aliphatic heterocycles. The highest BCUT2D eigenvalue weighted by atomic mass is 35.5. The lowest BCUT2D eigenvalue weighted by atomic mass is 10.0. The van der Waals surface area contributed by atoms with Crippen LogP contribution in [0.2, 0.25) is 0 Å². The van der Waals surface area contributed by atoms with Crippen LogP contribution in [0.25, 0.3) is 0 Å². The molecule has 0 unspecified atom stereocenters. The van der Waals surface area contributed by atoms with Crippen LogP contribution < -0.4 is 5.32 Å². The minimum atomic E-state index is 0.121. The Morgan fingerprint density at radius 3 is 2.71 bits per heavy atom. The van der Waals surface area contributed by atoms with Crippen LogP contribution in [0.15, 0.2) is 4.42 Å². The number of anilines is 1. The lowest BCUT2D eigenvalue weighted by Crippen LogP contribution is -2.30. The van der Waals surface area contributed by atoms with Crippen molar-refractivity contribution in [2.45, 2.75) is 44.0 Å². The third-order valence-corrected chi connectivity index (χ3v) is 2.93. The zero-order valence-electron chi connectivity index (χ0n) is 8.22. The Hall–Kier alpha value is -0.770. The molecule has 2 rings (SSSR count). The van der Waals surface area contributed by atoms with E-state index in [2.05, 4.69) is 22.4 Å². The van der Waals surface area contributed by atoms with E-state index in [4.69, 9.17) is 16.0 Å². The van der Waals surface area contributed by atoms with Crippen molar-refractivity contribution in [1.82, 2.24) is 10.2 Å². The number of hydrogen-bond donors (Lipinski definition) is 1. The third kappa shape index (κ3) is 2.00. The SMILES string of the molecule is CC1(Nc2nnc(CCl)o2)CCCC1. The van der Waals surface area contributed by atoms with Gasteiger partial charge in [0, 0.05) is 5.54 Å². The van der Waals surface area contributed by atoms with Crippen LogP contribution in [-0.4, -0.2) is 15.7 Å². The Kier molecular flexibility index (Phi) is 2.63. The highest BCUT2D eigenvalue weighted by molar-refractivity contribution is 6.16. The van der Waals surface area contributed by atoms with Gasteiger partial charge in [-0.2, -0.15) is 0 Å². The van der Waals surface area contributed by atoms with Gasteiger partial charge in [0.1, 0.15) is 5.88 Å². The second-order valence-corrected chi connectivity index (χ2v) is 4.29. The maximum Gasteiger partial charge on any atom is 0.315 e. The number of aromatic nitrogens is 2. The van der Waals surface area contributed by atoms with Crippen molar-refractivity contribution < 1.29 is 4.42 Å². The van der Waals surface area contributed by atoms with Crippen LogP contribution in [0.5, 0.6) is 0 Å². The highest BCUT2D eigenvalue weighted by Gasteiger charge is 2.29. The molecule has 1 heterocycles. The van der Waals surface area contributed by atoms with Crippen LogP contribution in [0.1, 0.15) is 38.5 Å². The van der Waals surface area contributed by atoms with Gasteiger partial charge in [-0.15, -0.1) is 16.7 Å². The Morgan fingerprint density at radius 1 is 1.43 bits per heavy atom. The maximum absolute atomic E-state index is 5.57. The van der Waals surface area contributed by atoms with Crippen molar-refractivity contribution in [3.8, 4) is 0 Å². The first kappa shape index (κ1) is 9.77. The van der Waals surface area contributed by atoms with Crippen molar-refractivity contribution in [3.05, 3.63) is 5.89 Å². The monoisotopic (exact) mass is 215 g/mol. The van der Waals surface area contributed by atoms with E-state index < -0.39 is 0 Å². The number of rotatable bonds is 3. The van der Waals surface area contributed by atoms with Gasteiger partial charge in [-0.25, -0.2) is 0 Å². The predicted molar refractivity (Wildman–Crippen MR) is 54.4 cm³/mol. The standard InChI is InChI=1S/C9H14ClN3O/c1-9(4-2-3-5-9)11-8-13-12-7(6-10)14-8/h2-6H2,1H3,(H,11,13). The number of alkyl halides is 1. The summed E-state index contributed by atoms with van der Waals surface area (Å²) in [6, 6.07) is 0.491. The fourth-order valence-corrected chi connectivity index (χ4v) is 2.00. The topological polar surface area (TPSA) is 51.0 Å². The first-order chi connectivity index (χ1) is 6.72. The molecule has 0 atom stereocenters. The summed E-state index contributed by atoms with van der Waals surface area (Å²) in [5.41, 5.74) is 0.121. The molecule has 0 bridgehead atoms. The van der Waals surface area contributed by atoms with Crippen LogP contribution in [-0.2, 0) is 5.88 Å². The van der Waals surface area contributed by atoms with E-state index in [-0.39, 0.29) is 11.4 Å². The second-order valence-electron chi connectivity index (χ2n) is 4.03. The average molecular weight is 216 g/mol. The third-order valence-electron chi connectivity index (χ3n) is 2.70. The van der Waals surface area contributed by atoms with Gasteiger partial charge >= 0.3 is 6.01 Å². The van der Waals surface area contributed by atoms with E-state index in [9.17, 15) is 0 Å². The van der Waals surface area contributed by atoms with Crippen LogP contribution >= 0.6 is 11.6 Å². The van der Waals surface area contributed by atoms with Gasteiger partial charge in [0.25, 0.3) is 0 Å². The minimum absolute atomic E-state index is 0.121. The summed E-state index contributed by atoms with van der Waals surface area (Å²) in [6.07, 6.45) is 4.84. The minimum Gasteiger partial charge on any atom is -0.407 e. The fraction of sp³-hybridized carbons (Fsp3) is 0.778. The highest BCUT2D eigenvalue weighted by Crippen LogP contribution is 2.32. The number of hydrogen-bond acceptors (Lipinski definition) is 4. The Labute approximate surface area is 88.0 Å². The summed E-state index contributed by atoms with van der Waals surface area (Å²) in [6.45, 7) is 2.19. The molecule has 1 saturated carbocycles. The molecule has 1 aliphatic rings. The summed E-state index contributed by atoms with van der Waals surface area (Å²) < 4.78 is 5.29. The first-order valence-electron chi connectivity index (χ1n) is 4.88. The Morgan fingerprint density at radius 2 is 2.14 bits per heavy atom. The molecule has 1 fully saturated rings. The molecule has 78 valence electrons. The van der Waals surface area contributed by atoms with Gasteiger partial charge in [0.15, 0.2) is 0 Å². The molecule has 5 heteroatoms. The van der Waals surface area contributed by atoms with E-state index in [1.807, 2.05) is 0 Å². The molecular formula is C9H14ClN3O. The van der Waals surface area contributed by atoms with Gasteiger partial charge in [0.2, 0.25) is 5.89 Å². The predicted octanol–water partition coefficient (Wildman–Crippen LogP) is 2.55. The van der Waals surface area contributed by atoms with Crippen molar-refractivity contribution in [2.24, 2.45) is 0 Å². The van der Waals surface area contributed by atoms with E-state index in [0.717, 1.165) is 12.8 Å². The first-order valence-corrected chi connectivity index (χ1v) is 5.42. The average Bonchev–Trinajstić information content (AvgIpc) is 2.75. The molecule has 0 spiro atoms. The molecule has 1 aromatic rings. The lowest BCUT2D eigenvalue weighted by molar-refractivity contribution is 0.472. The molecule has 0 aromatic carbocycles. The van der Waals surface area contributed by atoms with Crippen molar-refractivity contribution in [1.29, 1.82) is 0 Å². The Bertz CT molecular complexity index is 307. The van der Waals surface area contributed by atoms with E-state index in [1.165, 1.54) is 12.8 Å². The molecule has 0 radical (unpaired) electrons. The fourth-order valence-electron chi connectivity index (χ4n) is 1.90. The molecule has 1 aromatic heterocycles. The molecule has 4 nitrogen and oxygen atoms in total.